The number of rotatable bonds is 5. The first kappa shape index (κ1) is 12.1. The molecule has 16 heavy (non-hydrogen) atoms. The Morgan fingerprint density at radius 2 is 2.25 bits per heavy atom. The first-order valence-electron chi connectivity index (χ1n) is 5.23. The molecular weight excluding hydrogens is 196 g/mol. The standard InChI is InChI=1S/C14H18N2/c1-5-12(10-15-7-3)9-13-8-11(4)14(6-2)16-13/h5-8,10,15-16H,1,3-4,9H2,2H3/b12-10-,14-6+. The van der Waals surface area contributed by atoms with Gasteiger partial charge in [-0.2, -0.15) is 0 Å². The molecule has 0 unspecified atom stereocenters. The molecule has 0 spiro atoms. The number of hydrogen-bond acceptors (Lipinski definition) is 1. The van der Waals surface area contributed by atoms with Gasteiger partial charge in [0.15, 0.2) is 0 Å². The molecule has 0 bridgehead atoms. The zero-order valence-corrected chi connectivity index (χ0v) is 9.72. The SMILES string of the molecule is C=CN/C=C(/C=C)Cc1cc(=C)/c(=C\C)[nH]1. The third-order valence-corrected chi connectivity index (χ3v) is 2.32. The van der Waals surface area contributed by atoms with Gasteiger partial charge >= 0.3 is 0 Å². The van der Waals surface area contributed by atoms with Gasteiger partial charge in [0.1, 0.15) is 0 Å². The van der Waals surface area contributed by atoms with E-state index < -0.39 is 0 Å². The molecule has 2 N–H and O–H groups in total. The van der Waals surface area contributed by atoms with E-state index in [-0.39, 0.29) is 0 Å². The van der Waals surface area contributed by atoms with Gasteiger partial charge in [-0.05, 0) is 30.0 Å². The van der Waals surface area contributed by atoms with Gasteiger partial charge in [-0.1, -0.05) is 31.9 Å². The van der Waals surface area contributed by atoms with Crippen molar-refractivity contribution in [1.82, 2.24) is 10.3 Å². The molecule has 0 aliphatic heterocycles. The van der Waals surface area contributed by atoms with Crippen molar-refractivity contribution in [2.24, 2.45) is 0 Å². The van der Waals surface area contributed by atoms with Crippen LogP contribution in [-0.4, -0.2) is 4.98 Å². The van der Waals surface area contributed by atoms with E-state index in [1.54, 1.807) is 6.20 Å². The largest absolute Gasteiger partial charge is 0.368 e. The second kappa shape index (κ2) is 5.81. The first-order chi connectivity index (χ1) is 7.71. The summed E-state index contributed by atoms with van der Waals surface area (Å²) in [6, 6.07) is 2.06. The Morgan fingerprint density at radius 3 is 2.75 bits per heavy atom. The van der Waals surface area contributed by atoms with Gasteiger partial charge in [0.05, 0.1) is 0 Å². The van der Waals surface area contributed by atoms with E-state index in [9.17, 15) is 0 Å². The average Bonchev–Trinajstić information content (AvgIpc) is 2.64. The lowest BCUT2D eigenvalue weighted by Crippen LogP contribution is -2.19. The minimum absolute atomic E-state index is 0.806. The Hall–Kier alpha value is -1.96. The van der Waals surface area contributed by atoms with Gasteiger partial charge in [-0.15, -0.1) is 0 Å². The molecule has 0 aromatic carbocycles. The molecule has 0 fully saturated rings. The smallest absolute Gasteiger partial charge is 0.0406 e. The second-order valence-corrected chi connectivity index (χ2v) is 3.49. The van der Waals surface area contributed by atoms with Crippen molar-refractivity contribution < 1.29 is 0 Å². The van der Waals surface area contributed by atoms with Crippen molar-refractivity contribution in [3.8, 4) is 0 Å². The average molecular weight is 214 g/mol. The molecule has 0 saturated heterocycles. The molecule has 1 aromatic rings. The predicted octanol–water partition coefficient (Wildman–Crippen LogP) is 1.57. The van der Waals surface area contributed by atoms with Gasteiger partial charge in [0.2, 0.25) is 0 Å². The highest BCUT2D eigenvalue weighted by atomic mass is 14.8. The minimum Gasteiger partial charge on any atom is -0.368 e. The molecule has 2 nitrogen and oxygen atoms in total. The lowest BCUT2D eigenvalue weighted by molar-refractivity contribution is 1.06. The van der Waals surface area contributed by atoms with Crippen molar-refractivity contribution >= 4 is 12.7 Å². The highest BCUT2D eigenvalue weighted by Gasteiger charge is 1.98. The Balaban J connectivity index is 2.90. The highest BCUT2D eigenvalue weighted by molar-refractivity contribution is 5.28. The topological polar surface area (TPSA) is 27.8 Å². The molecule has 1 rings (SSSR count). The van der Waals surface area contributed by atoms with Crippen LogP contribution in [0.25, 0.3) is 12.7 Å². The highest BCUT2D eigenvalue weighted by Crippen LogP contribution is 2.02. The van der Waals surface area contributed by atoms with Crippen molar-refractivity contribution in [2.45, 2.75) is 13.3 Å². The van der Waals surface area contributed by atoms with Gasteiger partial charge in [0, 0.05) is 23.7 Å². The van der Waals surface area contributed by atoms with Crippen LogP contribution in [0.4, 0.5) is 0 Å². The molecule has 0 aliphatic carbocycles. The Labute approximate surface area is 96.4 Å². The zero-order valence-electron chi connectivity index (χ0n) is 9.72. The summed E-state index contributed by atoms with van der Waals surface area (Å²) in [6.07, 6.45) is 8.18. The van der Waals surface area contributed by atoms with Crippen LogP contribution < -0.4 is 15.9 Å². The van der Waals surface area contributed by atoms with E-state index in [0.717, 1.165) is 28.3 Å². The number of allylic oxidation sites excluding steroid dienone is 2. The Morgan fingerprint density at radius 1 is 1.50 bits per heavy atom. The Kier molecular flexibility index (Phi) is 4.40. The maximum atomic E-state index is 3.97. The molecule has 0 atom stereocenters. The van der Waals surface area contributed by atoms with Gasteiger partial charge in [-0.3, -0.25) is 0 Å². The summed E-state index contributed by atoms with van der Waals surface area (Å²) in [5, 5.41) is 5.05. The zero-order chi connectivity index (χ0) is 12.0. The summed E-state index contributed by atoms with van der Waals surface area (Å²) in [5.41, 5.74) is 2.24. The van der Waals surface area contributed by atoms with E-state index in [1.807, 2.05) is 25.3 Å². The number of hydrogen-bond donors (Lipinski definition) is 2. The maximum absolute atomic E-state index is 3.97. The fraction of sp³-hybridized carbons (Fsp3) is 0.143. The number of aromatic nitrogens is 1. The summed E-state index contributed by atoms with van der Waals surface area (Å²) < 4.78 is 0. The first-order valence-corrected chi connectivity index (χ1v) is 5.23. The lowest BCUT2D eigenvalue weighted by Gasteiger charge is -1.99. The van der Waals surface area contributed by atoms with Crippen molar-refractivity contribution in [1.29, 1.82) is 0 Å². The monoisotopic (exact) mass is 214 g/mol. The minimum atomic E-state index is 0.806. The van der Waals surface area contributed by atoms with Gasteiger partial charge in [0.25, 0.3) is 0 Å². The molecule has 0 saturated carbocycles. The summed E-state index contributed by atoms with van der Waals surface area (Å²) >= 11 is 0. The van der Waals surface area contributed by atoms with Crippen LogP contribution in [0.3, 0.4) is 0 Å². The third-order valence-electron chi connectivity index (χ3n) is 2.32. The molecule has 0 radical (unpaired) electrons. The van der Waals surface area contributed by atoms with E-state index in [4.69, 9.17) is 0 Å². The fourth-order valence-corrected chi connectivity index (χ4v) is 1.50. The summed E-state index contributed by atoms with van der Waals surface area (Å²) in [7, 11) is 0. The fourth-order valence-electron chi connectivity index (χ4n) is 1.50. The number of nitrogens with one attached hydrogen (secondary N) is 2. The summed E-state index contributed by atoms with van der Waals surface area (Å²) in [5.74, 6) is 0. The van der Waals surface area contributed by atoms with Crippen LogP contribution in [0, 0.1) is 0 Å². The maximum Gasteiger partial charge on any atom is 0.0406 e. The number of H-pyrrole nitrogens is 1. The van der Waals surface area contributed by atoms with Crippen LogP contribution in [-0.2, 0) is 6.42 Å². The summed E-state index contributed by atoms with van der Waals surface area (Å²) in [6.45, 7) is 13.3. The molecule has 0 amide bonds. The van der Waals surface area contributed by atoms with Crippen molar-refractivity contribution in [3.05, 3.63) is 59.5 Å². The van der Waals surface area contributed by atoms with E-state index in [0.29, 0.717) is 0 Å². The predicted molar refractivity (Wildman–Crippen MR) is 71.0 cm³/mol. The van der Waals surface area contributed by atoms with E-state index in [2.05, 4.69) is 36.1 Å². The van der Waals surface area contributed by atoms with Crippen LogP contribution in [0.1, 0.15) is 12.6 Å². The van der Waals surface area contributed by atoms with Crippen molar-refractivity contribution in [2.75, 3.05) is 0 Å². The Bertz CT molecular complexity index is 503. The van der Waals surface area contributed by atoms with E-state index in [1.165, 1.54) is 0 Å². The molecule has 2 heteroatoms. The van der Waals surface area contributed by atoms with E-state index >= 15 is 0 Å². The normalized spacial score (nSPS) is 12.6. The quantitative estimate of drug-likeness (QED) is 0.715. The van der Waals surface area contributed by atoms with Gasteiger partial charge in [-0.25, -0.2) is 0 Å². The van der Waals surface area contributed by atoms with Gasteiger partial charge < -0.3 is 10.3 Å². The molecule has 84 valence electrons. The lowest BCUT2D eigenvalue weighted by atomic mass is 10.1. The van der Waals surface area contributed by atoms with Crippen LogP contribution in [0.15, 0.2) is 43.3 Å². The van der Waals surface area contributed by atoms with Crippen molar-refractivity contribution in [3.63, 3.8) is 0 Å². The molecule has 0 aliphatic rings. The van der Waals surface area contributed by atoms with Crippen LogP contribution in [0.2, 0.25) is 0 Å². The number of aromatic amines is 1. The second-order valence-electron chi connectivity index (χ2n) is 3.49. The summed E-state index contributed by atoms with van der Waals surface area (Å²) in [4.78, 5) is 3.31. The van der Waals surface area contributed by atoms with Crippen LogP contribution >= 0.6 is 0 Å². The third kappa shape index (κ3) is 3.02. The molecule has 1 heterocycles. The van der Waals surface area contributed by atoms with Crippen LogP contribution in [0.5, 0.6) is 0 Å². The molecule has 1 aromatic heterocycles. The molecular formula is C14H18N2.